The van der Waals surface area contributed by atoms with Crippen molar-refractivity contribution < 1.29 is 4.79 Å². The molecule has 0 radical (unpaired) electrons. The van der Waals surface area contributed by atoms with Crippen LogP contribution in [-0.2, 0) is 11.3 Å². The largest absolute Gasteiger partial charge is 0.325 e. The fourth-order valence-electron chi connectivity index (χ4n) is 2.43. The van der Waals surface area contributed by atoms with Crippen molar-refractivity contribution in [3.63, 3.8) is 0 Å². The van der Waals surface area contributed by atoms with Crippen molar-refractivity contribution in [3.05, 3.63) is 54.5 Å². The standard InChI is InChI=1S/C18H19N5OS/c1-3-23-13(2)15(11-20-23)16-9-10-19-18(22-16)25-12-17(24)21-14-7-5-4-6-8-14/h4-11H,3,12H2,1-2H3,(H,21,24). The topological polar surface area (TPSA) is 72.7 Å². The molecule has 7 heteroatoms. The van der Waals surface area contributed by atoms with Gasteiger partial charge in [0.2, 0.25) is 5.91 Å². The number of anilines is 1. The molecule has 6 nitrogen and oxygen atoms in total. The van der Waals surface area contributed by atoms with Crippen LogP contribution in [0.5, 0.6) is 0 Å². The fraction of sp³-hybridized carbons (Fsp3) is 0.222. The van der Waals surface area contributed by atoms with E-state index in [1.807, 2.05) is 54.2 Å². The number of nitrogens with one attached hydrogen (secondary N) is 1. The lowest BCUT2D eigenvalue weighted by Crippen LogP contribution is -2.14. The Hall–Kier alpha value is -2.67. The summed E-state index contributed by atoms with van der Waals surface area (Å²) in [6.45, 7) is 4.89. The van der Waals surface area contributed by atoms with Crippen LogP contribution in [0.2, 0.25) is 0 Å². The van der Waals surface area contributed by atoms with Gasteiger partial charge in [0.15, 0.2) is 5.16 Å². The van der Waals surface area contributed by atoms with E-state index in [1.165, 1.54) is 11.8 Å². The second-order valence-corrected chi connectivity index (χ2v) is 6.33. The molecule has 1 aromatic carbocycles. The zero-order valence-corrected chi connectivity index (χ0v) is 15.0. The number of amides is 1. The summed E-state index contributed by atoms with van der Waals surface area (Å²) in [5, 5.41) is 7.77. The second-order valence-electron chi connectivity index (χ2n) is 5.39. The van der Waals surface area contributed by atoms with Gasteiger partial charge in [-0.15, -0.1) is 0 Å². The van der Waals surface area contributed by atoms with E-state index in [2.05, 4.69) is 27.3 Å². The minimum atomic E-state index is -0.0832. The fourth-order valence-corrected chi connectivity index (χ4v) is 3.06. The molecule has 3 aromatic rings. The van der Waals surface area contributed by atoms with Crippen molar-refractivity contribution in [3.8, 4) is 11.3 Å². The number of aryl methyl sites for hydroxylation is 1. The number of thioether (sulfide) groups is 1. The molecule has 128 valence electrons. The van der Waals surface area contributed by atoms with E-state index in [0.29, 0.717) is 5.16 Å². The summed E-state index contributed by atoms with van der Waals surface area (Å²) in [5.41, 5.74) is 3.65. The van der Waals surface area contributed by atoms with Crippen LogP contribution in [0.3, 0.4) is 0 Å². The number of carbonyl (C=O) groups is 1. The van der Waals surface area contributed by atoms with Gasteiger partial charge in [0.05, 0.1) is 17.6 Å². The van der Waals surface area contributed by atoms with E-state index in [4.69, 9.17) is 0 Å². The van der Waals surface area contributed by atoms with Crippen molar-refractivity contribution in [2.45, 2.75) is 25.5 Å². The second kappa shape index (κ2) is 7.94. The van der Waals surface area contributed by atoms with Gasteiger partial charge in [0.1, 0.15) is 0 Å². The first-order valence-corrected chi connectivity index (χ1v) is 8.99. The molecule has 0 unspecified atom stereocenters. The van der Waals surface area contributed by atoms with Crippen molar-refractivity contribution in [1.82, 2.24) is 19.7 Å². The first-order valence-electron chi connectivity index (χ1n) is 8.01. The summed E-state index contributed by atoms with van der Waals surface area (Å²) in [6, 6.07) is 11.2. The Balaban J connectivity index is 1.65. The van der Waals surface area contributed by atoms with Gasteiger partial charge in [-0.3, -0.25) is 9.48 Å². The molecule has 2 aromatic heterocycles. The molecule has 3 rings (SSSR count). The summed E-state index contributed by atoms with van der Waals surface area (Å²) >= 11 is 1.31. The van der Waals surface area contributed by atoms with Crippen LogP contribution < -0.4 is 5.32 Å². The van der Waals surface area contributed by atoms with Crippen LogP contribution in [0.1, 0.15) is 12.6 Å². The van der Waals surface area contributed by atoms with E-state index < -0.39 is 0 Å². The first kappa shape index (κ1) is 17.2. The molecule has 0 fully saturated rings. The van der Waals surface area contributed by atoms with Gasteiger partial charge in [-0.1, -0.05) is 30.0 Å². The number of hydrogen-bond acceptors (Lipinski definition) is 5. The van der Waals surface area contributed by atoms with Gasteiger partial charge in [-0.25, -0.2) is 9.97 Å². The summed E-state index contributed by atoms with van der Waals surface area (Å²) in [4.78, 5) is 20.8. The minimum absolute atomic E-state index is 0.0832. The van der Waals surface area contributed by atoms with E-state index in [1.54, 1.807) is 6.20 Å². The molecule has 0 saturated carbocycles. The predicted octanol–water partition coefficient (Wildman–Crippen LogP) is 3.40. The maximum atomic E-state index is 12.0. The third-order valence-electron chi connectivity index (χ3n) is 3.70. The minimum Gasteiger partial charge on any atom is -0.325 e. The molecule has 0 aliphatic rings. The molecule has 1 amide bonds. The summed E-state index contributed by atoms with van der Waals surface area (Å²) in [7, 11) is 0. The highest BCUT2D eigenvalue weighted by molar-refractivity contribution is 7.99. The maximum Gasteiger partial charge on any atom is 0.234 e. The van der Waals surface area contributed by atoms with Crippen LogP contribution in [-0.4, -0.2) is 31.4 Å². The summed E-state index contributed by atoms with van der Waals surface area (Å²) < 4.78 is 1.93. The van der Waals surface area contributed by atoms with Gasteiger partial charge in [0.25, 0.3) is 0 Å². The number of hydrogen-bond donors (Lipinski definition) is 1. The lowest BCUT2D eigenvalue weighted by atomic mass is 10.2. The van der Waals surface area contributed by atoms with Crippen LogP contribution in [0.25, 0.3) is 11.3 Å². The van der Waals surface area contributed by atoms with Gasteiger partial charge in [-0.2, -0.15) is 5.10 Å². The van der Waals surface area contributed by atoms with Gasteiger partial charge in [0, 0.05) is 29.7 Å². The summed E-state index contributed by atoms with van der Waals surface area (Å²) in [5.74, 6) is 0.172. The van der Waals surface area contributed by atoms with Crippen LogP contribution in [0.15, 0.2) is 53.9 Å². The molecule has 0 aliphatic heterocycles. The van der Waals surface area contributed by atoms with Crippen molar-refractivity contribution in [2.24, 2.45) is 0 Å². The highest BCUT2D eigenvalue weighted by Gasteiger charge is 2.11. The highest BCUT2D eigenvalue weighted by atomic mass is 32.2. The lowest BCUT2D eigenvalue weighted by Gasteiger charge is -2.05. The molecular weight excluding hydrogens is 334 g/mol. The Kier molecular flexibility index (Phi) is 5.45. The number of nitrogens with zero attached hydrogens (tertiary/aromatic N) is 4. The molecule has 0 spiro atoms. The molecule has 0 aliphatic carbocycles. The van der Waals surface area contributed by atoms with Crippen LogP contribution in [0.4, 0.5) is 5.69 Å². The maximum absolute atomic E-state index is 12.0. The van der Waals surface area contributed by atoms with Gasteiger partial charge in [-0.05, 0) is 32.0 Å². The Bertz CT molecular complexity index is 863. The number of para-hydroxylation sites is 1. The van der Waals surface area contributed by atoms with E-state index >= 15 is 0 Å². The molecule has 0 bridgehead atoms. The molecular formula is C18H19N5OS. The quantitative estimate of drug-likeness (QED) is 0.543. The number of aromatic nitrogens is 4. The van der Waals surface area contributed by atoms with Crippen LogP contribution in [0, 0.1) is 6.92 Å². The van der Waals surface area contributed by atoms with Gasteiger partial charge < -0.3 is 5.32 Å². The van der Waals surface area contributed by atoms with Crippen molar-refractivity contribution in [2.75, 3.05) is 11.1 Å². The summed E-state index contributed by atoms with van der Waals surface area (Å²) in [6.07, 6.45) is 3.53. The smallest absolute Gasteiger partial charge is 0.234 e. The SMILES string of the molecule is CCn1ncc(-c2ccnc(SCC(=O)Nc3ccccc3)n2)c1C. The number of rotatable bonds is 6. The first-order chi connectivity index (χ1) is 12.2. The Morgan fingerprint density at radius 1 is 1.24 bits per heavy atom. The average molecular weight is 353 g/mol. The zero-order valence-electron chi connectivity index (χ0n) is 14.1. The third-order valence-corrected chi connectivity index (χ3v) is 4.56. The Labute approximate surface area is 150 Å². The highest BCUT2D eigenvalue weighted by Crippen LogP contribution is 2.23. The number of benzene rings is 1. The van der Waals surface area contributed by atoms with Crippen molar-refractivity contribution in [1.29, 1.82) is 0 Å². The normalized spacial score (nSPS) is 10.6. The molecule has 1 N–H and O–H groups in total. The van der Waals surface area contributed by atoms with E-state index in [9.17, 15) is 4.79 Å². The van der Waals surface area contributed by atoms with Gasteiger partial charge >= 0.3 is 0 Å². The van der Waals surface area contributed by atoms with Crippen LogP contribution >= 0.6 is 11.8 Å². The Morgan fingerprint density at radius 2 is 2.04 bits per heavy atom. The Morgan fingerprint density at radius 3 is 2.76 bits per heavy atom. The van der Waals surface area contributed by atoms with E-state index in [-0.39, 0.29) is 11.7 Å². The molecule has 0 saturated heterocycles. The zero-order chi connectivity index (χ0) is 17.6. The van der Waals surface area contributed by atoms with E-state index in [0.717, 1.165) is 29.2 Å². The predicted molar refractivity (Wildman–Crippen MR) is 99.5 cm³/mol. The number of carbonyl (C=O) groups excluding carboxylic acids is 1. The molecule has 25 heavy (non-hydrogen) atoms. The molecule has 2 heterocycles. The van der Waals surface area contributed by atoms with Crippen molar-refractivity contribution >= 4 is 23.4 Å². The molecule has 0 atom stereocenters. The average Bonchev–Trinajstić information content (AvgIpc) is 3.02. The monoisotopic (exact) mass is 353 g/mol. The lowest BCUT2D eigenvalue weighted by molar-refractivity contribution is -0.113. The third kappa shape index (κ3) is 4.24.